The van der Waals surface area contributed by atoms with Crippen molar-refractivity contribution in [3.05, 3.63) is 24.3 Å². The molecule has 0 heterocycles. The molecule has 0 aliphatic carbocycles. The molecule has 1 unspecified atom stereocenters. The average molecular weight is 425 g/mol. The summed E-state index contributed by atoms with van der Waals surface area (Å²) in [6.45, 7) is 7.08. The molecule has 0 aliphatic rings. The van der Waals surface area contributed by atoms with Crippen LogP contribution in [0.25, 0.3) is 0 Å². The van der Waals surface area contributed by atoms with Crippen molar-refractivity contribution in [3.63, 3.8) is 0 Å². The average Bonchev–Trinajstić information content (AvgIpc) is 2.41. The van der Waals surface area contributed by atoms with E-state index in [1.54, 1.807) is 6.92 Å². The molecule has 0 radical (unpaired) electrons. The highest BCUT2D eigenvalue weighted by molar-refractivity contribution is 7.85. The highest BCUT2D eigenvalue weighted by atomic mass is 32.2. The number of rotatable bonds is 8. The first-order chi connectivity index (χ1) is 11.8. The fourth-order valence-electron chi connectivity index (χ4n) is 1.30. The van der Waals surface area contributed by atoms with Crippen LogP contribution in [-0.2, 0) is 24.4 Å². The molecular weight excluding hydrogens is 405 g/mol. The van der Waals surface area contributed by atoms with Crippen molar-refractivity contribution in [1.82, 2.24) is 0 Å². The van der Waals surface area contributed by atoms with E-state index in [0.29, 0.717) is 0 Å². The third-order valence-electron chi connectivity index (χ3n) is 2.59. The fraction of sp³-hybridized carbons (Fsp3) is 0.571. The van der Waals surface area contributed by atoms with Gasteiger partial charge >= 0.3 is 18.1 Å². The Kier molecular flexibility index (Phi) is 10.4. The molecule has 0 saturated heterocycles. The molecule has 0 fully saturated rings. The Morgan fingerprint density at radius 2 is 1.63 bits per heavy atom. The minimum Gasteiger partial charge on any atom is -0.456 e. The summed E-state index contributed by atoms with van der Waals surface area (Å²) in [4.78, 5) is 21.0. The number of alkyl halides is 5. The standard InChI is InChI=1S/C7H7F5O2.C7H13NO4S/c1-4(2)5(13)14-3-6(8,9)7(10,11)12;1-5(4-13(10,11)12)3-6(2)7(8)9/h1,3H2,2H3;5H,2-4H2,1H3,(H2,8,9)(H,10,11,12). The van der Waals surface area contributed by atoms with Crippen LogP contribution in [0, 0.1) is 5.92 Å². The Labute approximate surface area is 152 Å². The summed E-state index contributed by atoms with van der Waals surface area (Å²) in [5.41, 5.74) is 4.81. The quantitative estimate of drug-likeness (QED) is 0.266. The second-order valence-electron chi connectivity index (χ2n) is 5.58. The van der Waals surface area contributed by atoms with Gasteiger partial charge in [0.1, 0.15) is 0 Å². The second-order valence-corrected chi connectivity index (χ2v) is 7.08. The van der Waals surface area contributed by atoms with Crippen molar-refractivity contribution in [3.8, 4) is 0 Å². The molecule has 1 atom stereocenters. The van der Waals surface area contributed by atoms with E-state index in [1.807, 2.05) is 0 Å². The minimum absolute atomic E-state index is 0.163. The number of halogens is 5. The molecule has 0 saturated carbocycles. The normalized spacial score (nSPS) is 13.0. The summed E-state index contributed by atoms with van der Waals surface area (Å²) in [5.74, 6) is -7.72. The van der Waals surface area contributed by atoms with E-state index in [-0.39, 0.29) is 29.2 Å². The number of hydrogen-bond acceptors (Lipinski definition) is 5. The van der Waals surface area contributed by atoms with E-state index in [1.165, 1.54) is 0 Å². The lowest BCUT2D eigenvalue weighted by Gasteiger charge is -2.18. The zero-order valence-corrected chi connectivity index (χ0v) is 15.3. The molecule has 3 N–H and O–H groups in total. The first-order valence-corrected chi connectivity index (χ1v) is 8.61. The Hall–Kier alpha value is -2.02. The van der Waals surface area contributed by atoms with Crippen LogP contribution < -0.4 is 5.73 Å². The predicted octanol–water partition coefficient (Wildman–Crippen LogP) is 2.25. The van der Waals surface area contributed by atoms with Crippen molar-refractivity contribution in [2.24, 2.45) is 11.7 Å². The summed E-state index contributed by atoms with van der Waals surface area (Å²) in [6.07, 6.45) is -5.54. The maximum atomic E-state index is 12.1. The van der Waals surface area contributed by atoms with E-state index in [0.717, 1.165) is 6.92 Å². The van der Waals surface area contributed by atoms with Crippen molar-refractivity contribution >= 4 is 22.0 Å². The van der Waals surface area contributed by atoms with Gasteiger partial charge in [0.25, 0.3) is 10.1 Å². The smallest absolute Gasteiger partial charge is 0.456 e. The van der Waals surface area contributed by atoms with Crippen LogP contribution in [0.2, 0.25) is 0 Å². The summed E-state index contributed by atoms with van der Waals surface area (Å²) in [7, 11) is -3.99. The van der Waals surface area contributed by atoms with Crippen molar-refractivity contribution in [2.45, 2.75) is 32.4 Å². The van der Waals surface area contributed by atoms with Gasteiger partial charge < -0.3 is 10.5 Å². The number of amides is 1. The molecule has 27 heavy (non-hydrogen) atoms. The molecule has 0 spiro atoms. The van der Waals surface area contributed by atoms with Gasteiger partial charge in [-0.1, -0.05) is 20.1 Å². The molecule has 0 aliphatic heterocycles. The number of primary amides is 1. The first kappa shape index (κ1) is 27.2. The van der Waals surface area contributed by atoms with E-state index in [4.69, 9.17) is 10.3 Å². The second kappa shape index (κ2) is 10.3. The van der Waals surface area contributed by atoms with Crippen molar-refractivity contribution < 1.29 is 49.2 Å². The van der Waals surface area contributed by atoms with Gasteiger partial charge in [0.05, 0.1) is 5.75 Å². The van der Waals surface area contributed by atoms with Gasteiger partial charge in [-0.3, -0.25) is 9.35 Å². The van der Waals surface area contributed by atoms with Gasteiger partial charge in [0.15, 0.2) is 6.61 Å². The molecule has 0 bridgehead atoms. The SMILES string of the molecule is C=C(C)C(=O)OCC(F)(F)C(F)(F)F.C=C(CC(C)CS(=O)(=O)O)C(N)=O. The van der Waals surface area contributed by atoms with Crippen LogP contribution in [0.4, 0.5) is 22.0 Å². The molecule has 0 aromatic rings. The van der Waals surface area contributed by atoms with Crippen molar-refractivity contribution in [1.29, 1.82) is 0 Å². The Morgan fingerprint density at radius 3 is 1.93 bits per heavy atom. The Morgan fingerprint density at radius 1 is 1.19 bits per heavy atom. The minimum atomic E-state index is -5.72. The third-order valence-corrected chi connectivity index (χ3v) is 3.58. The topological polar surface area (TPSA) is 124 Å². The van der Waals surface area contributed by atoms with Crippen LogP contribution in [-0.4, -0.2) is 49.3 Å². The molecule has 1 amide bonds. The Balaban J connectivity index is 0. The van der Waals surface area contributed by atoms with E-state index in [9.17, 15) is 40.0 Å². The number of carbonyl (C=O) groups is 2. The predicted molar refractivity (Wildman–Crippen MR) is 85.3 cm³/mol. The fourth-order valence-corrected chi connectivity index (χ4v) is 2.14. The summed E-state index contributed by atoms with van der Waals surface area (Å²) < 4.78 is 91.8. The lowest BCUT2D eigenvalue weighted by molar-refractivity contribution is -0.293. The van der Waals surface area contributed by atoms with Gasteiger partial charge in [-0.05, 0) is 19.3 Å². The number of ether oxygens (including phenoxy) is 1. The van der Waals surface area contributed by atoms with Gasteiger partial charge in [0, 0.05) is 11.1 Å². The molecule has 13 heteroatoms. The van der Waals surface area contributed by atoms with Crippen LogP contribution in [0.15, 0.2) is 24.3 Å². The number of esters is 1. The largest absolute Gasteiger partial charge is 0.456 e. The molecule has 0 aromatic heterocycles. The van der Waals surface area contributed by atoms with E-state index in [2.05, 4.69) is 17.9 Å². The lowest BCUT2D eigenvalue weighted by Crippen LogP contribution is -2.41. The molecular formula is C14H20F5NO6S. The Bertz CT molecular complexity index is 672. The number of carbonyl (C=O) groups excluding carboxylic acids is 2. The maximum absolute atomic E-state index is 12.1. The number of hydrogen-bond donors (Lipinski definition) is 2. The highest BCUT2D eigenvalue weighted by Gasteiger charge is 2.58. The van der Waals surface area contributed by atoms with Gasteiger partial charge in [-0.15, -0.1) is 0 Å². The first-order valence-electron chi connectivity index (χ1n) is 7.00. The molecule has 0 aromatic carbocycles. The van der Waals surface area contributed by atoms with E-state index >= 15 is 0 Å². The van der Waals surface area contributed by atoms with Gasteiger partial charge in [0.2, 0.25) is 5.91 Å². The summed E-state index contributed by atoms with van der Waals surface area (Å²) in [6, 6.07) is 0. The van der Waals surface area contributed by atoms with Crippen LogP contribution in [0.5, 0.6) is 0 Å². The number of nitrogens with two attached hydrogens (primary N) is 1. The molecule has 0 rings (SSSR count). The maximum Gasteiger partial charge on any atom is 0.456 e. The van der Waals surface area contributed by atoms with Gasteiger partial charge in [-0.25, -0.2) is 4.79 Å². The summed E-state index contributed by atoms with van der Waals surface area (Å²) in [5, 5.41) is 0. The third kappa shape index (κ3) is 12.9. The highest BCUT2D eigenvalue weighted by Crippen LogP contribution is 2.35. The van der Waals surface area contributed by atoms with Crippen LogP contribution >= 0.6 is 0 Å². The zero-order valence-electron chi connectivity index (χ0n) is 14.5. The van der Waals surface area contributed by atoms with E-state index < -0.39 is 40.7 Å². The summed E-state index contributed by atoms with van der Waals surface area (Å²) >= 11 is 0. The molecule has 158 valence electrons. The van der Waals surface area contributed by atoms with Gasteiger partial charge in [-0.2, -0.15) is 30.4 Å². The monoisotopic (exact) mass is 425 g/mol. The molecule has 7 nitrogen and oxygen atoms in total. The zero-order chi connectivity index (χ0) is 22.2. The van der Waals surface area contributed by atoms with Crippen LogP contribution in [0.3, 0.4) is 0 Å². The lowest BCUT2D eigenvalue weighted by atomic mass is 10.0. The van der Waals surface area contributed by atoms with Crippen LogP contribution in [0.1, 0.15) is 20.3 Å². The van der Waals surface area contributed by atoms with Crippen molar-refractivity contribution in [2.75, 3.05) is 12.4 Å².